The van der Waals surface area contributed by atoms with Gasteiger partial charge in [-0.15, -0.1) is 0 Å². The highest BCUT2D eigenvalue weighted by Crippen LogP contribution is 2.74. The highest BCUT2D eigenvalue weighted by molar-refractivity contribution is 6.35. The zero-order valence-corrected chi connectivity index (χ0v) is 23.4. The molecule has 0 unspecified atom stereocenters. The summed E-state index contributed by atoms with van der Waals surface area (Å²) in [6, 6.07) is 8.88. The molecule has 1 aliphatic heterocycles. The zero-order chi connectivity index (χ0) is 27.2. The molecule has 196 valence electrons. The van der Waals surface area contributed by atoms with Gasteiger partial charge in [0.05, 0.1) is 5.41 Å². The van der Waals surface area contributed by atoms with Crippen LogP contribution in [-0.2, 0) is 14.3 Å². The molecule has 37 heavy (non-hydrogen) atoms. The van der Waals surface area contributed by atoms with Crippen LogP contribution in [0, 0.1) is 16.7 Å². The standard InChI is InChI=1S/C33H40O4/c1-21(2)12-11-13-23(5)17-19-32(18-16-22(3)4)28(35)26(27(34)24-14-9-8-10-15-24)29-33(30(32)36)20-25(33)31(6,7)37-29/h8-10,12,14-17,25H,11,13,18-20H2,1-7H3/b23-17+/t25-,32+,33+/m0/s1. The molecule has 3 aliphatic rings. The lowest BCUT2D eigenvalue weighted by atomic mass is 9.60. The van der Waals surface area contributed by atoms with Gasteiger partial charge >= 0.3 is 0 Å². The van der Waals surface area contributed by atoms with E-state index in [0.717, 1.165) is 24.0 Å². The highest BCUT2D eigenvalue weighted by Gasteiger charge is 2.80. The van der Waals surface area contributed by atoms with Gasteiger partial charge in [-0.05, 0) is 80.6 Å². The van der Waals surface area contributed by atoms with E-state index in [-0.39, 0.29) is 28.8 Å². The fourth-order valence-corrected chi connectivity index (χ4v) is 6.09. The summed E-state index contributed by atoms with van der Waals surface area (Å²) in [6.07, 6.45) is 9.24. The number of ketones is 3. The number of Topliss-reactive ketones (excluding diaryl/α,β-unsaturated/α-hetero) is 3. The zero-order valence-electron chi connectivity index (χ0n) is 23.4. The van der Waals surface area contributed by atoms with Gasteiger partial charge in [0.25, 0.3) is 0 Å². The Labute approximate surface area is 221 Å². The molecule has 1 saturated carbocycles. The average Bonchev–Trinajstić information content (AvgIpc) is 3.56. The molecule has 1 aromatic rings. The van der Waals surface area contributed by atoms with Crippen LogP contribution >= 0.6 is 0 Å². The SMILES string of the molecule is CC(C)=CCC/C(C)=C/C[C@]1(CC=C(C)C)C(=O)C(C(=O)c2ccccc2)=C2OC(C)(C)[C@@H]3C[C@]23C1=O. The lowest BCUT2D eigenvalue weighted by Crippen LogP contribution is -2.50. The topological polar surface area (TPSA) is 60.4 Å². The molecule has 3 atom stereocenters. The summed E-state index contributed by atoms with van der Waals surface area (Å²) >= 11 is 0. The Morgan fingerprint density at radius 2 is 1.57 bits per heavy atom. The lowest BCUT2D eigenvalue weighted by Gasteiger charge is -2.38. The van der Waals surface area contributed by atoms with Crippen molar-refractivity contribution >= 4 is 17.3 Å². The van der Waals surface area contributed by atoms with Crippen LogP contribution in [-0.4, -0.2) is 23.0 Å². The van der Waals surface area contributed by atoms with Gasteiger partial charge in [0.1, 0.15) is 22.3 Å². The van der Waals surface area contributed by atoms with E-state index in [1.807, 2.05) is 39.8 Å². The molecule has 4 nitrogen and oxygen atoms in total. The summed E-state index contributed by atoms with van der Waals surface area (Å²) in [5.74, 6) is -0.500. The molecule has 1 saturated heterocycles. The molecule has 4 heteroatoms. The molecule has 4 rings (SSSR count). The van der Waals surface area contributed by atoms with Crippen LogP contribution in [0.2, 0.25) is 0 Å². The van der Waals surface area contributed by atoms with Crippen molar-refractivity contribution in [2.45, 2.75) is 86.2 Å². The number of hydrogen-bond donors (Lipinski definition) is 0. The van der Waals surface area contributed by atoms with Crippen LogP contribution in [0.25, 0.3) is 0 Å². The van der Waals surface area contributed by atoms with E-state index in [0.29, 0.717) is 30.6 Å². The minimum absolute atomic E-state index is 0.0250. The third kappa shape index (κ3) is 4.60. The van der Waals surface area contributed by atoms with Crippen molar-refractivity contribution in [2.24, 2.45) is 16.7 Å². The first-order valence-electron chi connectivity index (χ1n) is 13.4. The number of carbonyl (C=O) groups excluding carboxylic acids is 3. The molecule has 0 amide bonds. The van der Waals surface area contributed by atoms with Crippen LogP contribution in [0.3, 0.4) is 0 Å². The van der Waals surface area contributed by atoms with Gasteiger partial charge in [-0.25, -0.2) is 0 Å². The molecular formula is C33H40O4. The molecule has 0 radical (unpaired) electrons. The van der Waals surface area contributed by atoms with Crippen LogP contribution < -0.4 is 0 Å². The van der Waals surface area contributed by atoms with Gasteiger partial charge < -0.3 is 4.74 Å². The number of carbonyl (C=O) groups is 3. The molecule has 0 bridgehead atoms. The van der Waals surface area contributed by atoms with Crippen LogP contribution in [0.4, 0.5) is 0 Å². The van der Waals surface area contributed by atoms with Crippen molar-refractivity contribution < 1.29 is 19.1 Å². The third-order valence-corrected chi connectivity index (χ3v) is 8.31. The Balaban J connectivity index is 1.84. The quantitative estimate of drug-likeness (QED) is 0.152. The predicted octanol–water partition coefficient (Wildman–Crippen LogP) is 7.52. The van der Waals surface area contributed by atoms with Gasteiger partial charge in [-0.3, -0.25) is 14.4 Å². The van der Waals surface area contributed by atoms with E-state index < -0.39 is 16.4 Å². The molecule has 1 spiro atoms. The van der Waals surface area contributed by atoms with Gasteiger partial charge in [-0.1, -0.05) is 65.3 Å². The van der Waals surface area contributed by atoms with Crippen molar-refractivity contribution in [2.75, 3.05) is 0 Å². The second-order valence-corrected chi connectivity index (χ2v) is 12.1. The summed E-state index contributed by atoms with van der Waals surface area (Å²) in [6.45, 7) is 14.1. The number of benzene rings is 1. The first-order chi connectivity index (χ1) is 17.4. The van der Waals surface area contributed by atoms with Crippen LogP contribution in [0.5, 0.6) is 0 Å². The van der Waals surface area contributed by atoms with E-state index in [1.54, 1.807) is 24.3 Å². The molecule has 1 aromatic carbocycles. The lowest BCUT2D eigenvalue weighted by molar-refractivity contribution is -0.143. The normalized spacial score (nSPS) is 27.8. The first kappa shape index (κ1) is 27.0. The monoisotopic (exact) mass is 500 g/mol. The number of hydrogen-bond acceptors (Lipinski definition) is 4. The van der Waals surface area contributed by atoms with Gasteiger partial charge in [0, 0.05) is 11.5 Å². The van der Waals surface area contributed by atoms with Gasteiger partial charge in [-0.2, -0.15) is 0 Å². The molecule has 2 aliphatic carbocycles. The summed E-state index contributed by atoms with van der Waals surface area (Å²) in [5.41, 5.74) is 1.20. The van der Waals surface area contributed by atoms with E-state index in [2.05, 4.69) is 32.9 Å². The number of ether oxygens (including phenoxy) is 1. The second kappa shape index (κ2) is 9.70. The van der Waals surface area contributed by atoms with Crippen molar-refractivity contribution in [1.29, 1.82) is 0 Å². The molecule has 2 fully saturated rings. The molecule has 1 heterocycles. The summed E-state index contributed by atoms with van der Waals surface area (Å²) < 4.78 is 6.30. The maximum Gasteiger partial charge on any atom is 0.200 e. The summed E-state index contributed by atoms with van der Waals surface area (Å²) in [4.78, 5) is 42.9. The predicted molar refractivity (Wildman–Crippen MR) is 147 cm³/mol. The Bertz CT molecular complexity index is 1250. The Morgan fingerprint density at radius 1 is 0.946 bits per heavy atom. The van der Waals surface area contributed by atoms with E-state index in [1.165, 1.54) is 5.57 Å². The third-order valence-electron chi connectivity index (χ3n) is 8.31. The highest BCUT2D eigenvalue weighted by atomic mass is 16.5. The largest absolute Gasteiger partial charge is 0.490 e. The van der Waals surface area contributed by atoms with Crippen LogP contribution in [0.15, 0.2) is 76.6 Å². The van der Waals surface area contributed by atoms with Crippen LogP contribution in [0.1, 0.15) is 90.9 Å². The number of allylic oxidation sites excluding steroid dienone is 8. The van der Waals surface area contributed by atoms with Crippen molar-refractivity contribution in [3.05, 3.63) is 82.2 Å². The molecule has 0 N–H and O–H groups in total. The summed E-state index contributed by atoms with van der Waals surface area (Å²) in [7, 11) is 0. The minimum Gasteiger partial charge on any atom is -0.490 e. The van der Waals surface area contributed by atoms with E-state index in [9.17, 15) is 14.4 Å². The minimum atomic E-state index is -1.31. The maximum absolute atomic E-state index is 14.5. The summed E-state index contributed by atoms with van der Waals surface area (Å²) in [5, 5.41) is 0. The fraction of sp³-hybridized carbons (Fsp3) is 0.485. The van der Waals surface area contributed by atoms with Crippen molar-refractivity contribution in [3.63, 3.8) is 0 Å². The second-order valence-electron chi connectivity index (χ2n) is 12.1. The Morgan fingerprint density at radius 3 is 2.16 bits per heavy atom. The molecular weight excluding hydrogens is 460 g/mol. The molecule has 0 aromatic heterocycles. The van der Waals surface area contributed by atoms with E-state index in [4.69, 9.17) is 4.74 Å². The van der Waals surface area contributed by atoms with Gasteiger partial charge in [0.15, 0.2) is 17.3 Å². The first-order valence-corrected chi connectivity index (χ1v) is 13.4. The smallest absolute Gasteiger partial charge is 0.200 e. The Kier molecular flexibility index (Phi) is 7.09. The average molecular weight is 501 g/mol. The van der Waals surface area contributed by atoms with Gasteiger partial charge in [0.2, 0.25) is 0 Å². The van der Waals surface area contributed by atoms with Crippen molar-refractivity contribution in [1.82, 2.24) is 0 Å². The maximum atomic E-state index is 14.5. The van der Waals surface area contributed by atoms with E-state index >= 15 is 0 Å². The Hall–Kier alpha value is -3.01. The fourth-order valence-electron chi connectivity index (χ4n) is 6.09. The van der Waals surface area contributed by atoms with Crippen molar-refractivity contribution in [3.8, 4) is 0 Å². The number of rotatable bonds is 9.